The number of ketones is 1. The van der Waals surface area contributed by atoms with Crippen molar-refractivity contribution in [2.45, 2.75) is 50.4 Å². The van der Waals surface area contributed by atoms with Crippen LogP contribution in [0.1, 0.15) is 30.5 Å². The smallest absolute Gasteiger partial charge is 0 e. The van der Waals surface area contributed by atoms with E-state index in [1.165, 1.54) is 32.1 Å². The molecular weight excluding hydrogens is 809 g/mol. The third-order valence-corrected chi connectivity index (χ3v) is 10.6. The molecule has 0 unspecified atom stereocenters. The molecule has 1 radical (unpaired) electrons. The fraction of sp³-hybridized carbons (Fsp3) is 0.250. The van der Waals surface area contributed by atoms with E-state index in [0.29, 0.717) is 16.2 Å². The zero-order valence-electron chi connectivity index (χ0n) is 24.3. The Morgan fingerprint density at radius 1 is 0.884 bits per heavy atom. The van der Waals surface area contributed by atoms with E-state index >= 15 is 0 Å². The van der Waals surface area contributed by atoms with E-state index in [1.807, 2.05) is 48.5 Å². The summed E-state index contributed by atoms with van der Waals surface area (Å²) in [4.78, 5) is 14.0. The van der Waals surface area contributed by atoms with E-state index < -0.39 is 47.9 Å². The van der Waals surface area contributed by atoms with E-state index in [2.05, 4.69) is 11.1 Å². The van der Waals surface area contributed by atoms with Crippen molar-refractivity contribution in [1.82, 2.24) is 4.98 Å². The number of halogens is 6. The SMILES string of the molecule is CC(=O)/C=C(/C)O.Cc1cc(-c2cc(-c3cc[c]([Ge]([CH3])([CH3])[CH3])cc3C(F)(F)F)c(C(F)(F)F)cn2)[c-]c2ccccc12.[Ir]. The first-order chi connectivity index (χ1) is 19.3. The molecule has 0 bridgehead atoms. The van der Waals surface area contributed by atoms with Crippen LogP contribution in [0.4, 0.5) is 26.3 Å². The molecule has 3 nitrogen and oxygen atoms in total. The van der Waals surface area contributed by atoms with Gasteiger partial charge in [-0.15, -0.1) is 0 Å². The van der Waals surface area contributed by atoms with Gasteiger partial charge in [0, 0.05) is 26.2 Å². The molecule has 1 heterocycles. The van der Waals surface area contributed by atoms with Crippen LogP contribution in [-0.4, -0.2) is 29.1 Å². The molecule has 0 saturated heterocycles. The van der Waals surface area contributed by atoms with Crippen LogP contribution < -0.4 is 4.40 Å². The number of aliphatic hydroxyl groups is 1. The molecule has 0 saturated carbocycles. The van der Waals surface area contributed by atoms with Crippen molar-refractivity contribution in [2.24, 2.45) is 0 Å². The van der Waals surface area contributed by atoms with Gasteiger partial charge in [-0.2, -0.15) is 0 Å². The van der Waals surface area contributed by atoms with Crippen LogP contribution in [0.15, 0.2) is 72.6 Å². The molecule has 4 rings (SSSR count). The Kier molecular flexibility index (Phi) is 11.6. The maximum atomic E-state index is 14.1. The normalized spacial score (nSPS) is 12.3. The van der Waals surface area contributed by atoms with Gasteiger partial charge in [0.25, 0.3) is 0 Å². The third-order valence-electron chi connectivity index (χ3n) is 6.36. The van der Waals surface area contributed by atoms with Gasteiger partial charge in [-0.05, 0) is 13.8 Å². The first kappa shape index (κ1) is 36.2. The number of hydrogen-bond acceptors (Lipinski definition) is 3. The average molecular weight is 839 g/mol. The van der Waals surface area contributed by atoms with Gasteiger partial charge in [0.2, 0.25) is 0 Å². The van der Waals surface area contributed by atoms with Crippen molar-refractivity contribution in [2.75, 3.05) is 0 Å². The Hall–Kier alpha value is -2.95. The molecular formula is C32H30F6GeIrNO2-. The molecule has 1 N–H and O–H groups in total. The van der Waals surface area contributed by atoms with Crippen LogP contribution in [-0.2, 0) is 37.3 Å². The summed E-state index contributed by atoms with van der Waals surface area (Å²) < 4.78 is 84.6. The fourth-order valence-electron chi connectivity index (χ4n) is 4.38. The zero-order valence-corrected chi connectivity index (χ0v) is 28.7. The number of aryl methyl sites for hydroxylation is 1. The Balaban J connectivity index is 0.000000721. The summed E-state index contributed by atoms with van der Waals surface area (Å²) >= 11 is -2.69. The number of fused-ring (bicyclic) bond motifs is 1. The van der Waals surface area contributed by atoms with E-state index in [-0.39, 0.29) is 37.3 Å². The molecule has 1 aromatic heterocycles. The molecule has 0 amide bonds. The largest absolute Gasteiger partial charge is 0 e. The maximum Gasteiger partial charge on any atom is 0 e. The minimum atomic E-state index is -4.88. The van der Waals surface area contributed by atoms with Crippen molar-refractivity contribution < 1.29 is 56.3 Å². The monoisotopic (exact) mass is 841 g/mol. The zero-order chi connectivity index (χ0) is 31.6. The second-order valence-electron chi connectivity index (χ2n) is 10.9. The topological polar surface area (TPSA) is 50.2 Å². The number of alkyl halides is 6. The maximum absolute atomic E-state index is 14.1. The molecule has 43 heavy (non-hydrogen) atoms. The summed E-state index contributed by atoms with van der Waals surface area (Å²) in [5.74, 6) is 5.73. The van der Waals surface area contributed by atoms with Crippen molar-refractivity contribution in [3.8, 4) is 22.4 Å². The molecule has 11 heteroatoms. The van der Waals surface area contributed by atoms with Gasteiger partial charge in [-0.1, -0.05) is 6.07 Å². The molecule has 3 aromatic carbocycles. The number of aliphatic hydroxyl groups excluding tert-OH is 1. The molecule has 0 spiro atoms. The molecule has 231 valence electrons. The van der Waals surface area contributed by atoms with Gasteiger partial charge in [0.05, 0.1) is 5.76 Å². The van der Waals surface area contributed by atoms with Gasteiger partial charge < -0.3 is 5.11 Å². The van der Waals surface area contributed by atoms with Gasteiger partial charge >= 0.3 is 196 Å². The minimum absolute atomic E-state index is 0. The number of nitrogens with zero attached hydrogens (tertiary/aromatic N) is 1. The fourth-order valence-corrected chi connectivity index (χ4v) is 6.81. The van der Waals surface area contributed by atoms with Crippen LogP contribution in [0, 0.1) is 13.0 Å². The molecule has 0 aliphatic heterocycles. The third kappa shape index (κ3) is 9.27. The van der Waals surface area contributed by atoms with E-state index in [9.17, 15) is 31.1 Å². The van der Waals surface area contributed by atoms with E-state index in [1.54, 1.807) is 6.07 Å². The van der Waals surface area contributed by atoms with Crippen molar-refractivity contribution >= 4 is 34.2 Å². The number of allylic oxidation sites excluding steroid dienone is 2. The Labute approximate surface area is 262 Å². The minimum Gasteiger partial charge on any atom is 0 e. The van der Waals surface area contributed by atoms with Crippen LogP contribution in [0.25, 0.3) is 33.2 Å². The summed E-state index contributed by atoms with van der Waals surface area (Å²) in [6.07, 6.45) is -7.93. The number of carbonyl (C=O) groups excluding carboxylic acids is 1. The van der Waals surface area contributed by atoms with E-state index in [0.717, 1.165) is 28.5 Å². The summed E-state index contributed by atoms with van der Waals surface area (Å²) in [7, 11) is 0. The number of carbonyl (C=O) groups is 1. The Bertz CT molecular complexity index is 1650. The summed E-state index contributed by atoms with van der Waals surface area (Å²) in [6.45, 7) is 4.70. The van der Waals surface area contributed by atoms with Crippen LogP contribution >= 0.6 is 0 Å². The molecule has 0 aliphatic carbocycles. The van der Waals surface area contributed by atoms with Gasteiger partial charge in [0.1, 0.15) is 0 Å². The second-order valence-corrected chi connectivity index (χ2v) is 21.6. The van der Waals surface area contributed by atoms with Gasteiger partial charge in [-0.25, -0.2) is 0 Å². The molecule has 0 atom stereocenters. The quantitative estimate of drug-likeness (QED) is 0.0734. The first-order valence-electron chi connectivity index (χ1n) is 12.9. The number of benzene rings is 3. The predicted molar refractivity (Wildman–Crippen MR) is 156 cm³/mol. The van der Waals surface area contributed by atoms with Crippen LogP contribution in [0.3, 0.4) is 0 Å². The predicted octanol–water partition coefficient (Wildman–Crippen LogP) is 9.29. The molecule has 4 aromatic rings. The van der Waals surface area contributed by atoms with E-state index in [4.69, 9.17) is 5.11 Å². The number of pyridine rings is 1. The molecule has 0 fully saturated rings. The Morgan fingerprint density at radius 2 is 1.49 bits per heavy atom. The summed E-state index contributed by atoms with van der Waals surface area (Å²) in [5, 5.41) is 10.0. The van der Waals surface area contributed by atoms with Crippen molar-refractivity contribution in [1.29, 1.82) is 0 Å². The summed E-state index contributed by atoms with van der Waals surface area (Å²) in [5.41, 5.74) is -1.97. The van der Waals surface area contributed by atoms with Gasteiger partial charge in [-0.3, -0.25) is 4.79 Å². The average Bonchev–Trinajstić information content (AvgIpc) is 2.86. The van der Waals surface area contributed by atoms with Crippen molar-refractivity contribution in [3.63, 3.8) is 0 Å². The van der Waals surface area contributed by atoms with Crippen molar-refractivity contribution in [3.05, 3.63) is 95.4 Å². The first-order valence-corrected chi connectivity index (χ1v) is 20.2. The summed E-state index contributed by atoms with van der Waals surface area (Å²) in [6, 6.07) is 17.0. The number of rotatable bonds is 4. The Morgan fingerprint density at radius 3 is 2.00 bits per heavy atom. The number of hydrogen-bond donors (Lipinski definition) is 1. The van der Waals surface area contributed by atoms with Crippen LogP contribution in [0.2, 0.25) is 17.3 Å². The second kappa shape index (κ2) is 13.8. The standard InChI is InChI=1S/C27H22F6GeN.C5H8O2.Ir/c1-16-11-18(12-17-7-5-6-8-20(16)17)25-14-22(24(15-35-25)27(31,32)33)21-10-9-19(34(2,3)4)13-23(21)26(28,29)30;1-4(6)3-5(2)7;/h5-11,13-15H,1-4H3;3,6H,1-2H3;/q-1;;/b;4-3-;. The number of aromatic nitrogens is 1. The molecule has 0 aliphatic rings. The van der Waals surface area contributed by atoms with Crippen LogP contribution in [0.5, 0.6) is 0 Å². The van der Waals surface area contributed by atoms with Gasteiger partial charge in [0.15, 0.2) is 5.78 Å².